The lowest BCUT2D eigenvalue weighted by Gasteiger charge is -2.25. The summed E-state index contributed by atoms with van der Waals surface area (Å²) in [5, 5.41) is 0. The number of unbranched alkanes of at least 4 members (excludes halogenated alkanes) is 1. The van der Waals surface area contributed by atoms with Crippen molar-refractivity contribution in [3.8, 4) is 0 Å². The molecule has 0 spiro atoms. The van der Waals surface area contributed by atoms with Gasteiger partial charge in [0.15, 0.2) is 0 Å². The molecule has 0 bridgehead atoms. The van der Waals surface area contributed by atoms with E-state index in [9.17, 15) is 4.79 Å². The van der Waals surface area contributed by atoms with Crippen molar-refractivity contribution in [1.29, 1.82) is 0 Å². The van der Waals surface area contributed by atoms with Gasteiger partial charge in [0.25, 0.3) is 0 Å². The smallest absolute Gasteiger partial charge is 0.308 e. The summed E-state index contributed by atoms with van der Waals surface area (Å²) < 4.78 is 5.36. The zero-order valence-electron chi connectivity index (χ0n) is 13.2. The molecule has 0 unspecified atom stereocenters. The Kier molecular flexibility index (Phi) is 6.56. The molecule has 3 nitrogen and oxygen atoms in total. The molecule has 0 aromatic heterocycles. The van der Waals surface area contributed by atoms with Gasteiger partial charge in [0, 0.05) is 18.8 Å². The molecule has 0 aliphatic heterocycles. The quantitative estimate of drug-likeness (QED) is 0.705. The molecule has 1 rings (SSSR count). The zero-order chi connectivity index (χ0) is 15.0. The monoisotopic (exact) mass is 277 g/mol. The van der Waals surface area contributed by atoms with E-state index in [4.69, 9.17) is 4.74 Å². The third kappa shape index (κ3) is 6.60. The van der Waals surface area contributed by atoms with Crippen LogP contribution >= 0.6 is 0 Å². The van der Waals surface area contributed by atoms with E-state index in [0.717, 1.165) is 19.4 Å². The second-order valence-electron chi connectivity index (χ2n) is 6.01. The molecule has 1 aromatic carbocycles. The number of carbonyl (C=O) groups excluding carboxylic acids is 1. The molecule has 1 aromatic rings. The van der Waals surface area contributed by atoms with Crippen molar-refractivity contribution in [3.05, 3.63) is 30.3 Å². The third-order valence-electron chi connectivity index (χ3n) is 2.91. The third-order valence-corrected chi connectivity index (χ3v) is 2.91. The number of carbonyl (C=O) groups is 1. The van der Waals surface area contributed by atoms with Gasteiger partial charge in [0.1, 0.15) is 5.60 Å². The van der Waals surface area contributed by atoms with Crippen LogP contribution in [-0.4, -0.2) is 24.7 Å². The highest BCUT2D eigenvalue weighted by Gasteiger charge is 2.17. The predicted molar refractivity (Wildman–Crippen MR) is 84.0 cm³/mol. The summed E-state index contributed by atoms with van der Waals surface area (Å²) in [5.74, 6) is -0.130. The Morgan fingerprint density at radius 2 is 1.80 bits per heavy atom. The van der Waals surface area contributed by atoms with E-state index in [2.05, 4.69) is 24.0 Å². The molecule has 3 heteroatoms. The van der Waals surface area contributed by atoms with Gasteiger partial charge in [0.05, 0.1) is 6.42 Å². The highest BCUT2D eigenvalue weighted by molar-refractivity contribution is 5.70. The van der Waals surface area contributed by atoms with Crippen molar-refractivity contribution in [2.45, 2.75) is 52.6 Å². The SMILES string of the molecule is CCCCN(CCC(=O)OC(C)(C)C)c1ccccc1. The fraction of sp³-hybridized carbons (Fsp3) is 0.588. The zero-order valence-corrected chi connectivity index (χ0v) is 13.2. The van der Waals surface area contributed by atoms with Crippen molar-refractivity contribution < 1.29 is 9.53 Å². The first-order chi connectivity index (χ1) is 9.42. The van der Waals surface area contributed by atoms with Gasteiger partial charge >= 0.3 is 5.97 Å². The average molecular weight is 277 g/mol. The van der Waals surface area contributed by atoms with Crippen LogP contribution in [0.2, 0.25) is 0 Å². The molecule has 0 saturated heterocycles. The minimum atomic E-state index is -0.405. The number of nitrogens with zero attached hydrogens (tertiary/aromatic N) is 1. The molecule has 20 heavy (non-hydrogen) atoms. The number of rotatable bonds is 7. The molecule has 0 radical (unpaired) electrons. The normalized spacial score (nSPS) is 11.2. The van der Waals surface area contributed by atoms with Crippen molar-refractivity contribution in [1.82, 2.24) is 0 Å². The Hall–Kier alpha value is -1.51. The number of ether oxygens (including phenoxy) is 1. The molecular weight excluding hydrogens is 250 g/mol. The molecule has 112 valence electrons. The average Bonchev–Trinajstić information content (AvgIpc) is 2.38. The predicted octanol–water partition coefficient (Wildman–Crippen LogP) is 4.02. The van der Waals surface area contributed by atoms with Gasteiger partial charge in [0.2, 0.25) is 0 Å². The van der Waals surface area contributed by atoms with E-state index in [1.54, 1.807) is 0 Å². The van der Waals surface area contributed by atoms with Crippen LogP contribution in [0.25, 0.3) is 0 Å². The summed E-state index contributed by atoms with van der Waals surface area (Å²) in [7, 11) is 0. The summed E-state index contributed by atoms with van der Waals surface area (Å²) in [6.45, 7) is 9.56. The van der Waals surface area contributed by atoms with E-state index in [0.29, 0.717) is 13.0 Å². The van der Waals surface area contributed by atoms with Crippen LogP contribution in [0.5, 0.6) is 0 Å². The summed E-state index contributed by atoms with van der Waals surface area (Å²) in [5.41, 5.74) is 0.766. The molecule has 0 amide bonds. The Balaban J connectivity index is 2.55. The maximum atomic E-state index is 11.8. The first kappa shape index (κ1) is 16.5. The van der Waals surface area contributed by atoms with Crippen molar-refractivity contribution in [2.24, 2.45) is 0 Å². The van der Waals surface area contributed by atoms with E-state index >= 15 is 0 Å². The van der Waals surface area contributed by atoms with Gasteiger partial charge in [-0.1, -0.05) is 31.5 Å². The van der Waals surface area contributed by atoms with Gasteiger partial charge in [-0.3, -0.25) is 4.79 Å². The standard InChI is InChI=1S/C17H27NO2/c1-5-6-13-18(15-10-8-7-9-11-15)14-12-16(19)20-17(2,3)4/h7-11H,5-6,12-14H2,1-4H3. The summed E-state index contributed by atoms with van der Waals surface area (Å²) in [6, 6.07) is 10.2. The van der Waals surface area contributed by atoms with E-state index in [-0.39, 0.29) is 5.97 Å². The first-order valence-electron chi connectivity index (χ1n) is 7.44. The van der Waals surface area contributed by atoms with Crippen LogP contribution < -0.4 is 4.90 Å². The van der Waals surface area contributed by atoms with E-state index in [1.807, 2.05) is 39.0 Å². The fourth-order valence-electron chi connectivity index (χ4n) is 1.98. The van der Waals surface area contributed by atoms with Crippen LogP contribution in [0, 0.1) is 0 Å². The number of hydrogen-bond donors (Lipinski definition) is 0. The molecule has 0 atom stereocenters. The Morgan fingerprint density at radius 3 is 2.35 bits per heavy atom. The second kappa shape index (κ2) is 7.93. The summed E-state index contributed by atoms with van der Waals surface area (Å²) >= 11 is 0. The lowest BCUT2D eigenvalue weighted by molar-refractivity contribution is -0.154. The molecule has 0 fully saturated rings. The Bertz CT molecular complexity index is 395. The van der Waals surface area contributed by atoms with Crippen LogP contribution in [0.4, 0.5) is 5.69 Å². The first-order valence-corrected chi connectivity index (χ1v) is 7.44. The van der Waals surface area contributed by atoms with Crippen molar-refractivity contribution in [3.63, 3.8) is 0 Å². The minimum absolute atomic E-state index is 0.130. The summed E-state index contributed by atoms with van der Waals surface area (Å²) in [4.78, 5) is 14.1. The van der Waals surface area contributed by atoms with Crippen LogP contribution in [0.1, 0.15) is 47.0 Å². The highest BCUT2D eigenvalue weighted by atomic mass is 16.6. The molecule has 0 heterocycles. The largest absolute Gasteiger partial charge is 0.460 e. The lowest BCUT2D eigenvalue weighted by atomic mass is 10.2. The molecule has 0 aliphatic carbocycles. The number of para-hydroxylation sites is 1. The van der Waals surface area contributed by atoms with Crippen LogP contribution in [0.3, 0.4) is 0 Å². The number of anilines is 1. The minimum Gasteiger partial charge on any atom is -0.460 e. The Morgan fingerprint density at radius 1 is 1.15 bits per heavy atom. The number of esters is 1. The second-order valence-corrected chi connectivity index (χ2v) is 6.01. The van der Waals surface area contributed by atoms with Crippen molar-refractivity contribution >= 4 is 11.7 Å². The summed E-state index contributed by atoms with van der Waals surface area (Å²) in [6.07, 6.45) is 2.70. The maximum absolute atomic E-state index is 11.8. The van der Waals surface area contributed by atoms with Gasteiger partial charge in [-0.25, -0.2) is 0 Å². The molecular formula is C17H27NO2. The number of benzene rings is 1. The van der Waals surface area contributed by atoms with Gasteiger partial charge < -0.3 is 9.64 Å². The molecule has 0 aliphatic rings. The van der Waals surface area contributed by atoms with Crippen molar-refractivity contribution in [2.75, 3.05) is 18.0 Å². The number of hydrogen-bond acceptors (Lipinski definition) is 3. The lowest BCUT2D eigenvalue weighted by Crippen LogP contribution is -2.30. The van der Waals surface area contributed by atoms with E-state index in [1.165, 1.54) is 5.69 Å². The maximum Gasteiger partial charge on any atom is 0.308 e. The van der Waals surface area contributed by atoms with Gasteiger partial charge in [-0.15, -0.1) is 0 Å². The van der Waals surface area contributed by atoms with Gasteiger partial charge in [-0.2, -0.15) is 0 Å². The van der Waals surface area contributed by atoms with Gasteiger partial charge in [-0.05, 0) is 39.3 Å². The Labute approximate surface area is 122 Å². The van der Waals surface area contributed by atoms with Crippen LogP contribution in [-0.2, 0) is 9.53 Å². The molecule has 0 saturated carbocycles. The van der Waals surface area contributed by atoms with E-state index < -0.39 is 5.60 Å². The van der Waals surface area contributed by atoms with Crippen LogP contribution in [0.15, 0.2) is 30.3 Å². The fourth-order valence-corrected chi connectivity index (χ4v) is 1.98. The molecule has 0 N–H and O–H groups in total. The highest BCUT2D eigenvalue weighted by Crippen LogP contribution is 2.15. The topological polar surface area (TPSA) is 29.5 Å².